The van der Waals surface area contributed by atoms with Crippen molar-refractivity contribution in [2.45, 2.75) is 40.8 Å². The van der Waals surface area contributed by atoms with Crippen molar-refractivity contribution < 1.29 is 18.1 Å². The number of nitrogens with zero attached hydrogens (tertiary/aromatic N) is 5. The Kier molecular flexibility index (Phi) is 12.8. The van der Waals surface area contributed by atoms with Gasteiger partial charge in [-0.15, -0.1) is 10.2 Å². The second-order valence-electron chi connectivity index (χ2n) is 8.60. The van der Waals surface area contributed by atoms with Crippen LogP contribution in [0.15, 0.2) is 89.1 Å². The van der Waals surface area contributed by atoms with E-state index in [0.717, 1.165) is 12.1 Å². The Labute approximate surface area is 248 Å². The van der Waals surface area contributed by atoms with Crippen molar-refractivity contribution in [2.24, 2.45) is 10.2 Å². The third-order valence-corrected chi connectivity index (χ3v) is 5.60. The molecule has 224 valence electrons. The molecule has 0 radical (unpaired) electrons. The molecule has 2 N–H and O–H groups in total. The van der Waals surface area contributed by atoms with Crippen molar-refractivity contribution >= 4 is 34.4 Å². The number of hydrogen-bond acceptors (Lipinski definition) is 8. The number of benzene rings is 3. The van der Waals surface area contributed by atoms with Gasteiger partial charge in [-0.05, 0) is 39.0 Å². The van der Waals surface area contributed by atoms with Crippen LogP contribution in [0.2, 0.25) is 0 Å². The van der Waals surface area contributed by atoms with Crippen LogP contribution in [-0.2, 0) is 6.18 Å². The Bertz CT molecular complexity index is 1570. The fourth-order valence-electron chi connectivity index (χ4n) is 3.58. The summed E-state index contributed by atoms with van der Waals surface area (Å²) in [5.74, 6) is 0.448. The number of aromatic nitrogens is 1. The second-order valence-corrected chi connectivity index (χ2v) is 8.60. The first-order chi connectivity index (χ1) is 20.5. The number of nitrogens with one attached hydrogen (secondary N) is 2. The molecule has 0 aliphatic rings. The van der Waals surface area contributed by atoms with Gasteiger partial charge < -0.3 is 10.6 Å². The summed E-state index contributed by atoms with van der Waals surface area (Å²) in [6.45, 7) is 9.86. The average molecular weight is 592 g/mol. The van der Waals surface area contributed by atoms with Gasteiger partial charge in [-0.2, -0.15) is 18.4 Å². The van der Waals surface area contributed by atoms with E-state index in [4.69, 9.17) is 0 Å². The van der Waals surface area contributed by atoms with Crippen LogP contribution in [0.25, 0.3) is 0 Å². The van der Waals surface area contributed by atoms with Gasteiger partial charge in [0.25, 0.3) is 5.69 Å². The third-order valence-electron chi connectivity index (χ3n) is 5.60. The molecule has 0 amide bonds. The molecule has 4 rings (SSSR count). The Morgan fingerprint density at radius 2 is 1.56 bits per heavy atom. The first-order valence-electron chi connectivity index (χ1n) is 13.3. The van der Waals surface area contributed by atoms with Gasteiger partial charge in [-0.3, -0.25) is 10.1 Å². The van der Waals surface area contributed by atoms with Gasteiger partial charge in [0.2, 0.25) is 0 Å². The van der Waals surface area contributed by atoms with Gasteiger partial charge in [-0.1, -0.05) is 67.9 Å². The molecule has 0 spiro atoms. The van der Waals surface area contributed by atoms with E-state index in [1.54, 1.807) is 38.1 Å². The smallest absolute Gasteiger partial charge is 0.368 e. The third kappa shape index (κ3) is 9.64. The van der Waals surface area contributed by atoms with E-state index in [2.05, 4.69) is 44.9 Å². The Balaban J connectivity index is 0.000000619. The first-order valence-corrected chi connectivity index (χ1v) is 13.3. The molecule has 0 saturated heterocycles. The van der Waals surface area contributed by atoms with E-state index in [1.165, 1.54) is 5.56 Å². The number of pyridine rings is 1. The summed E-state index contributed by atoms with van der Waals surface area (Å²) in [6.07, 6.45) is -4.89. The molecule has 0 atom stereocenters. The number of rotatable bonds is 7. The molecule has 0 aliphatic heterocycles. The highest BCUT2D eigenvalue weighted by atomic mass is 19.4. The lowest BCUT2D eigenvalue weighted by Crippen LogP contribution is -2.06. The molecule has 9 nitrogen and oxygen atoms in total. The van der Waals surface area contributed by atoms with Crippen molar-refractivity contribution in [3.63, 3.8) is 0 Å². The van der Waals surface area contributed by atoms with Gasteiger partial charge >= 0.3 is 6.18 Å². The highest BCUT2D eigenvalue weighted by Crippen LogP contribution is 2.40. The molecule has 0 saturated carbocycles. The van der Waals surface area contributed by atoms with Crippen molar-refractivity contribution in [1.82, 2.24) is 4.98 Å². The SMILES string of the molecule is CC.CCNc1nc(Nc2ccccc2)c(C#N)c(C)c1N=Nc1ccc([N+](=O)[O-])cc1C(F)(F)F.Cc1ccccc1. The topological polar surface area (TPSA) is 129 Å². The Morgan fingerprint density at radius 3 is 2.05 bits per heavy atom. The lowest BCUT2D eigenvalue weighted by molar-refractivity contribution is -0.385. The number of aryl methyl sites for hydroxylation is 1. The number of para-hydroxylation sites is 1. The van der Waals surface area contributed by atoms with Gasteiger partial charge in [0.1, 0.15) is 11.8 Å². The zero-order valence-corrected chi connectivity index (χ0v) is 24.4. The maximum absolute atomic E-state index is 13.5. The number of nitriles is 1. The molecular weight excluding hydrogens is 559 g/mol. The number of anilines is 3. The molecule has 4 aromatic rings. The Hall–Kier alpha value is -5.31. The highest BCUT2D eigenvalue weighted by molar-refractivity contribution is 5.76. The largest absolute Gasteiger partial charge is 0.418 e. The predicted octanol–water partition coefficient (Wildman–Crippen LogP) is 9.80. The molecule has 43 heavy (non-hydrogen) atoms. The van der Waals surface area contributed by atoms with Crippen LogP contribution in [0.5, 0.6) is 0 Å². The standard InChI is InChI=1S/C22H18F3N7O2.C7H8.C2H6/c1-3-27-21-19(13(2)16(12-26)20(29-21)28-14-7-5-4-6-8-14)31-30-18-10-9-15(32(33)34)11-17(18)22(23,24)25;1-7-5-3-2-4-6-7;1-2/h4-11H,3H2,1-2H3,(H2,27,28,29);2-6H,1H3;1-2H3. The van der Waals surface area contributed by atoms with E-state index < -0.39 is 28.0 Å². The van der Waals surface area contributed by atoms with E-state index in [0.29, 0.717) is 23.9 Å². The highest BCUT2D eigenvalue weighted by Gasteiger charge is 2.35. The zero-order chi connectivity index (χ0) is 32.0. The molecule has 3 aromatic carbocycles. The zero-order valence-electron chi connectivity index (χ0n) is 24.4. The summed E-state index contributed by atoms with van der Waals surface area (Å²) >= 11 is 0. The minimum atomic E-state index is -4.89. The molecular formula is C31H32F3N7O2. The summed E-state index contributed by atoms with van der Waals surface area (Å²) in [4.78, 5) is 14.4. The lowest BCUT2D eigenvalue weighted by Gasteiger charge is -2.15. The van der Waals surface area contributed by atoms with Gasteiger partial charge in [0.05, 0.1) is 21.7 Å². The van der Waals surface area contributed by atoms with Crippen molar-refractivity contribution in [1.29, 1.82) is 5.26 Å². The fourth-order valence-corrected chi connectivity index (χ4v) is 3.58. The van der Waals surface area contributed by atoms with Crippen LogP contribution >= 0.6 is 0 Å². The number of hydrogen-bond donors (Lipinski definition) is 2. The average Bonchev–Trinajstić information content (AvgIpc) is 2.99. The number of non-ortho nitro benzene ring substituents is 1. The number of azo groups is 1. The number of nitro benzene ring substituents is 1. The normalized spacial score (nSPS) is 10.5. The van der Waals surface area contributed by atoms with Gasteiger partial charge in [-0.25, -0.2) is 4.98 Å². The summed E-state index contributed by atoms with van der Waals surface area (Å²) < 4.78 is 40.4. The minimum Gasteiger partial charge on any atom is -0.368 e. The molecule has 0 bridgehead atoms. The molecule has 12 heteroatoms. The van der Waals surface area contributed by atoms with Gasteiger partial charge in [0, 0.05) is 29.9 Å². The van der Waals surface area contributed by atoms with Crippen LogP contribution in [0.4, 0.5) is 47.6 Å². The summed E-state index contributed by atoms with van der Waals surface area (Å²) in [7, 11) is 0. The monoisotopic (exact) mass is 591 g/mol. The second kappa shape index (κ2) is 16.2. The van der Waals surface area contributed by atoms with Crippen LogP contribution in [0.1, 0.15) is 43.0 Å². The Morgan fingerprint density at radius 1 is 0.953 bits per heavy atom. The van der Waals surface area contributed by atoms with Gasteiger partial charge in [0.15, 0.2) is 11.6 Å². The molecule has 1 aromatic heterocycles. The maximum Gasteiger partial charge on any atom is 0.418 e. The quantitative estimate of drug-likeness (QED) is 0.125. The van der Waals surface area contributed by atoms with Crippen LogP contribution in [-0.4, -0.2) is 16.5 Å². The van der Waals surface area contributed by atoms with E-state index >= 15 is 0 Å². The van der Waals surface area contributed by atoms with E-state index in [-0.39, 0.29) is 22.9 Å². The van der Waals surface area contributed by atoms with Crippen molar-refractivity contribution in [3.05, 3.63) is 111 Å². The van der Waals surface area contributed by atoms with E-state index in [9.17, 15) is 28.5 Å². The molecule has 0 unspecified atom stereocenters. The number of nitro groups is 1. The molecule has 1 heterocycles. The lowest BCUT2D eigenvalue weighted by atomic mass is 10.1. The molecule has 0 fully saturated rings. The van der Waals surface area contributed by atoms with Crippen molar-refractivity contribution in [2.75, 3.05) is 17.2 Å². The van der Waals surface area contributed by atoms with E-state index in [1.807, 2.05) is 44.2 Å². The van der Waals surface area contributed by atoms with Crippen molar-refractivity contribution in [3.8, 4) is 6.07 Å². The minimum absolute atomic E-state index is 0.0727. The predicted molar refractivity (Wildman–Crippen MR) is 162 cm³/mol. The van der Waals surface area contributed by atoms with Crippen LogP contribution < -0.4 is 10.6 Å². The number of alkyl halides is 3. The first kappa shape index (κ1) is 33.9. The fraction of sp³-hybridized carbons (Fsp3) is 0.226. The number of halogens is 3. The van der Waals surface area contributed by atoms with Crippen LogP contribution in [0.3, 0.4) is 0 Å². The summed E-state index contributed by atoms with van der Waals surface area (Å²) in [5.41, 5.74) is -0.0749. The summed E-state index contributed by atoms with van der Waals surface area (Å²) in [6, 6.07) is 23.5. The summed E-state index contributed by atoms with van der Waals surface area (Å²) in [5, 5.41) is 34.3. The van der Waals surface area contributed by atoms with Crippen LogP contribution in [0, 0.1) is 35.3 Å². The molecule has 0 aliphatic carbocycles. The maximum atomic E-state index is 13.5.